The van der Waals surface area contributed by atoms with E-state index in [1.165, 1.54) is 6.33 Å². The maximum Gasteiger partial charge on any atom is 0.435 e. The van der Waals surface area contributed by atoms with Crippen LogP contribution in [0.25, 0.3) is 11.5 Å². The van der Waals surface area contributed by atoms with Gasteiger partial charge in [-0.15, -0.1) is 10.2 Å². The van der Waals surface area contributed by atoms with Gasteiger partial charge in [-0.1, -0.05) is 0 Å². The number of nitrogens with one attached hydrogen (secondary N) is 2. The Hall–Kier alpha value is -2.59. The number of rotatable bonds is 4. The first-order chi connectivity index (χ1) is 11.8. The Kier molecular flexibility index (Phi) is 5.02. The molecular weight excluding hydrogens is 353 g/mol. The van der Waals surface area contributed by atoms with E-state index < -0.39 is 29.1 Å². The first kappa shape index (κ1) is 19.7. The standard InChI is InChI=1S/C15H21F3N6O2/c1-13(2,3)26-12(25)21-14(4,5)7-24-9(11-19-8-20-22-11)6-10(23-24)15(16,17)18/h6,8H,7H2,1-5H3,(H,21,25)(H,19,20,22). The van der Waals surface area contributed by atoms with Crippen LogP contribution in [0.4, 0.5) is 18.0 Å². The molecule has 26 heavy (non-hydrogen) atoms. The lowest BCUT2D eigenvalue weighted by atomic mass is 10.1. The van der Waals surface area contributed by atoms with Crippen LogP contribution in [0.1, 0.15) is 40.3 Å². The van der Waals surface area contributed by atoms with Gasteiger partial charge in [-0.05, 0) is 40.7 Å². The zero-order valence-electron chi connectivity index (χ0n) is 15.1. The molecule has 8 nitrogen and oxygen atoms in total. The van der Waals surface area contributed by atoms with E-state index in [0.717, 1.165) is 10.7 Å². The van der Waals surface area contributed by atoms with Gasteiger partial charge in [-0.25, -0.2) is 4.79 Å². The minimum absolute atomic E-state index is 0.0433. The fourth-order valence-corrected chi connectivity index (χ4v) is 2.19. The van der Waals surface area contributed by atoms with Crippen molar-refractivity contribution in [1.82, 2.24) is 30.3 Å². The molecule has 2 rings (SSSR count). The predicted molar refractivity (Wildman–Crippen MR) is 86.1 cm³/mol. The molecule has 0 fully saturated rings. The van der Waals surface area contributed by atoms with E-state index in [2.05, 4.69) is 25.6 Å². The summed E-state index contributed by atoms with van der Waals surface area (Å²) in [6.45, 7) is 8.39. The molecule has 0 atom stereocenters. The molecule has 0 aliphatic heterocycles. The van der Waals surface area contributed by atoms with E-state index in [4.69, 9.17) is 4.74 Å². The van der Waals surface area contributed by atoms with Crippen LogP contribution in [0.3, 0.4) is 0 Å². The van der Waals surface area contributed by atoms with Gasteiger partial charge in [0.05, 0.1) is 12.1 Å². The highest BCUT2D eigenvalue weighted by Gasteiger charge is 2.36. The van der Waals surface area contributed by atoms with E-state index in [1.54, 1.807) is 34.6 Å². The summed E-state index contributed by atoms with van der Waals surface area (Å²) in [6, 6.07) is 0.879. The Bertz CT molecular complexity index is 759. The molecular formula is C15H21F3N6O2. The van der Waals surface area contributed by atoms with Gasteiger partial charge >= 0.3 is 12.3 Å². The Morgan fingerprint density at radius 3 is 2.42 bits per heavy atom. The van der Waals surface area contributed by atoms with E-state index in [1.807, 2.05) is 0 Å². The summed E-state index contributed by atoms with van der Waals surface area (Å²) in [5, 5.41) is 13.6. The number of amides is 1. The van der Waals surface area contributed by atoms with Crippen LogP contribution in [-0.4, -0.2) is 42.2 Å². The van der Waals surface area contributed by atoms with Crippen molar-refractivity contribution >= 4 is 6.09 Å². The molecule has 0 saturated carbocycles. The van der Waals surface area contributed by atoms with E-state index in [-0.39, 0.29) is 18.1 Å². The maximum atomic E-state index is 13.0. The van der Waals surface area contributed by atoms with Crippen LogP contribution >= 0.6 is 0 Å². The van der Waals surface area contributed by atoms with Gasteiger partial charge in [-0.2, -0.15) is 18.3 Å². The topological polar surface area (TPSA) is 97.7 Å². The molecule has 0 aromatic carbocycles. The van der Waals surface area contributed by atoms with Crippen molar-refractivity contribution in [2.24, 2.45) is 0 Å². The van der Waals surface area contributed by atoms with E-state index >= 15 is 0 Å². The third kappa shape index (κ3) is 5.20. The summed E-state index contributed by atoms with van der Waals surface area (Å²) in [4.78, 5) is 14.6. The van der Waals surface area contributed by atoms with Crippen molar-refractivity contribution in [2.75, 3.05) is 0 Å². The number of hydrogen-bond donors (Lipinski definition) is 2. The largest absolute Gasteiger partial charge is 0.444 e. The minimum Gasteiger partial charge on any atom is -0.444 e. The van der Waals surface area contributed by atoms with Gasteiger partial charge < -0.3 is 15.0 Å². The summed E-state index contributed by atoms with van der Waals surface area (Å²) in [5.74, 6) is 0.140. The molecule has 0 spiro atoms. The van der Waals surface area contributed by atoms with E-state index in [0.29, 0.717) is 0 Å². The van der Waals surface area contributed by atoms with E-state index in [9.17, 15) is 18.0 Å². The molecule has 2 aromatic rings. The number of H-pyrrole nitrogens is 1. The summed E-state index contributed by atoms with van der Waals surface area (Å²) >= 11 is 0. The second kappa shape index (κ2) is 6.61. The zero-order chi connectivity index (χ0) is 19.8. The highest BCUT2D eigenvalue weighted by atomic mass is 19.4. The lowest BCUT2D eigenvalue weighted by Gasteiger charge is -2.29. The quantitative estimate of drug-likeness (QED) is 0.857. The van der Waals surface area contributed by atoms with Gasteiger partial charge in [-0.3, -0.25) is 4.68 Å². The molecule has 2 N–H and O–H groups in total. The third-order valence-electron chi connectivity index (χ3n) is 3.11. The van der Waals surface area contributed by atoms with Gasteiger partial charge in [0.1, 0.15) is 17.6 Å². The number of aromatic amines is 1. The number of carbonyl (C=O) groups is 1. The summed E-state index contributed by atoms with van der Waals surface area (Å²) in [6.07, 6.45) is -4.03. The minimum atomic E-state index is -4.61. The number of hydrogen-bond acceptors (Lipinski definition) is 5. The molecule has 0 aliphatic carbocycles. The van der Waals surface area contributed by atoms with Crippen LogP contribution in [0.2, 0.25) is 0 Å². The molecule has 0 aliphatic rings. The molecule has 144 valence electrons. The van der Waals surface area contributed by atoms with Crippen molar-refractivity contribution in [3.05, 3.63) is 18.1 Å². The fraction of sp³-hybridized carbons (Fsp3) is 0.600. The third-order valence-corrected chi connectivity index (χ3v) is 3.11. The van der Waals surface area contributed by atoms with Crippen LogP contribution in [0.15, 0.2) is 12.4 Å². The number of alkyl carbamates (subject to hydrolysis) is 1. The molecule has 2 aromatic heterocycles. The second-order valence-electron chi connectivity index (χ2n) is 7.42. The Morgan fingerprint density at radius 2 is 1.92 bits per heavy atom. The van der Waals surface area contributed by atoms with Crippen LogP contribution in [-0.2, 0) is 17.5 Å². The van der Waals surface area contributed by atoms with Crippen molar-refractivity contribution in [1.29, 1.82) is 0 Å². The zero-order valence-corrected chi connectivity index (χ0v) is 15.1. The summed E-state index contributed by atoms with van der Waals surface area (Å²) < 4.78 is 45.4. The summed E-state index contributed by atoms with van der Waals surface area (Å²) in [7, 11) is 0. The van der Waals surface area contributed by atoms with Gasteiger partial charge in [0, 0.05) is 0 Å². The second-order valence-corrected chi connectivity index (χ2v) is 7.42. The van der Waals surface area contributed by atoms with Crippen molar-refractivity contribution in [2.45, 2.75) is 58.5 Å². The molecule has 0 unspecified atom stereocenters. The lowest BCUT2D eigenvalue weighted by molar-refractivity contribution is -0.141. The first-order valence-corrected chi connectivity index (χ1v) is 7.79. The average molecular weight is 374 g/mol. The predicted octanol–water partition coefficient (Wildman–Crippen LogP) is 2.99. The first-order valence-electron chi connectivity index (χ1n) is 7.79. The molecule has 1 amide bonds. The number of nitrogens with zero attached hydrogens (tertiary/aromatic N) is 4. The molecule has 0 radical (unpaired) electrons. The molecule has 11 heteroatoms. The van der Waals surface area contributed by atoms with Gasteiger partial charge in [0.15, 0.2) is 11.5 Å². The number of aromatic nitrogens is 5. The number of halogens is 3. The highest BCUT2D eigenvalue weighted by molar-refractivity contribution is 5.68. The molecule has 0 saturated heterocycles. The maximum absolute atomic E-state index is 13.0. The number of alkyl halides is 3. The van der Waals surface area contributed by atoms with Crippen molar-refractivity contribution < 1.29 is 22.7 Å². The smallest absolute Gasteiger partial charge is 0.435 e. The Labute approximate surface area is 148 Å². The fourth-order valence-electron chi connectivity index (χ4n) is 2.19. The summed E-state index contributed by atoms with van der Waals surface area (Å²) in [5.41, 5.74) is -2.59. The SMILES string of the molecule is CC(C)(Cn1nc(C(F)(F)F)cc1-c1nnc[nH]1)NC(=O)OC(C)(C)C. The molecule has 2 heterocycles. The number of carbonyl (C=O) groups excluding carboxylic acids is 1. The number of ether oxygens (including phenoxy) is 1. The Balaban J connectivity index is 2.27. The van der Waals surface area contributed by atoms with Crippen molar-refractivity contribution in [3.63, 3.8) is 0 Å². The van der Waals surface area contributed by atoms with Crippen LogP contribution < -0.4 is 5.32 Å². The van der Waals surface area contributed by atoms with Gasteiger partial charge in [0.25, 0.3) is 0 Å². The Morgan fingerprint density at radius 1 is 1.27 bits per heavy atom. The van der Waals surface area contributed by atoms with Crippen LogP contribution in [0, 0.1) is 0 Å². The molecule has 0 bridgehead atoms. The monoisotopic (exact) mass is 374 g/mol. The van der Waals surface area contributed by atoms with Gasteiger partial charge in [0.2, 0.25) is 0 Å². The normalized spacial score (nSPS) is 12.9. The highest BCUT2D eigenvalue weighted by Crippen LogP contribution is 2.31. The lowest BCUT2D eigenvalue weighted by Crippen LogP contribution is -2.48. The average Bonchev–Trinajstić information content (AvgIpc) is 3.01. The van der Waals surface area contributed by atoms with Crippen molar-refractivity contribution in [3.8, 4) is 11.5 Å². The van der Waals surface area contributed by atoms with Crippen LogP contribution in [0.5, 0.6) is 0 Å².